The molecule has 0 bridgehead atoms. The molecule has 2 aliphatic heterocycles. The number of hydrogen-bond donors (Lipinski definition) is 5. The zero-order valence-corrected chi connectivity index (χ0v) is 54.5. The molecule has 3 aliphatic rings. The Morgan fingerprint density at radius 1 is 0.750 bits per heavy atom. The lowest BCUT2D eigenvalue weighted by Crippen LogP contribution is -2.52. The molecule has 1 saturated carbocycles. The molecule has 476 valence electrons. The zero-order chi connectivity index (χ0) is 62.9. The van der Waals surface area contributed by atoms with E-state index in [4.69, 9.17) is 4.74 Å². The standard InChI is InChI=1S/C71H98N8O8S/c1-9-79(56-30-36-87-37-31-56)62-40-55(39-58(49(62)4)68(84)73-44-61-47(2)38-48(3)75-70(61)86)53-26-24-52(25-27-53)45-77-32-34-78(35-33-77)64(82)21-19-17-15-13-11-10-12-14-16-18-20-63(81)76-67(71(6,7)8)65(83)59-41-57(80)42-60(59)69(85)72-43-51-22-28-54(29-23-51)66-50(5)74-46-88-66/h22-29,38-40,46,56-57,59-60,67,80H,9-21,30-37,41-45H2,1-8H3,(H,72,85)(H,73,84)(H,75,86)(H,76,81)/t57-,59?,60+,67+/m0/s1. The van der Waals surface area contributed by atoms with E-state index in [2.05, 4.69) is 73.0 Å². The number of anilines is 1. The van der Waals surface area contributed by atoms with E-state index in [0.29, 0.717) is 36.6 Å². The molecule has 88 heavy (non-hydrogen) atoms. The fourth-order valence-electron chi connectivity index (χ4n) is 13.2. The summed E-state index contributed by atoms with van der Waals surface area (Å²) in [6, 6.07) is 22.3. The number of benzene rings is 3. The van der Waals surface area contributed by atoms with Crippen molar-refractivity contribution in [2.75, 3.05) is 50.8 Å². The number of piperazine rings is 1. The number of aliphatic hydroxyl groups is 1. The minimum absolute atomic E-state index is 0.136. The number of carbonyl (C=O) groups is 5. The van der Waals surface area contributed by atoms with Crippen molar-refractivity contribution in [3.05, 3.63) is 127 Å². The zero-order valence-electron chi connectivity index (χ0n) is 53.7. The highest BCUT2D eigenvalue weighted by Gasteiger charge is 2.47. The van der Waals surface area contributed by atoms with Gasteiger partial charge in [-0.2, -0.15) is 0 Å². The van der Waals surface area contributed by atoms with E-state index in [-0.39, 0.29) is 54.4 Å². The number of aromatic nitrogens is 2. The first kappa shape index (κ1) is 67.4. The van der Waals surface area contributed by atoms with Gasteiger partial charge in [-0.05, 0) is 136 Å². The summed E-state index contributed by atoms with van der Waals surface area (Å²) in [6.45, 7) is 22.3. The summed E-state index contributed by atoms with van der Waals surface area (Å²) >= 11 is 1.59. The van der Waals surface area contributed by atoms with Gasteiger partial charge in [0.1, 0.15) is 0 Å². The van der Waals surface area contributed by atoms with E-state index >= 15 is 0 Å². The number of aromatic amines is 1. The van der Waals surface area contributed by atoms with Crippen molar-refractivity contribution in [2.45, 2.75) is 196 Å². The molecule has 2 aromatic heterocycles. The molecule has 5 aromatic rings. The van der Waals surface area contributed by atoms with Crippen LogP contribution in [-0.2, 0) is 43.5 Å². The number of aryl methyl sites for hydroxylation is 3. The number of H-pyrrole nitrogens is 1. The van der Waals surface area contributed by atoms with E-state index < -0.39 is 29.4 Å². The number of nitrogens with one attached hydrogen (secondary N) is 4. The molecule has 0 radical (unpaired) electrons. The predicted molar refractivity (Wildman–Crippen MR) is 351 cm³/mol. The van der Waals surface area contributed by atoms with Crippen LogP contribution >= 0.6 is 11.3 Å². The Bertz CT molecular complexity index is 3190. The number of thiazole rings is 1. The number of aliphatic hydroxyl groups excluding tert-OH is 1. The van der Waals surface area contributed by atoms with E-state index in [1.165, 1.54) is 5.56 Å². The number of carbonyl (C=O) groups excluding carboxylic acids is 5. The fourth-order valence-corrected chi connectivity index (χ4v) is 14.0. The van der Waals surface area contributed by atoms with Gasteiger partial charge in [0.05, 0.1) is 34.1 Å². The van der Waals surface area contributed by atoms with Gasteiger partial charge in [-0.15, -0.1) is 11.3 Å². The van der Waals surface area contributed by atoms with Gasteiger partial charge in [-0.3, -0.25) is 33.7 Å². The Morgan fingerprint density at radius 2 is 1.36 bits per heavy atom. The number of Topliss-reactive ketones (excluding diaryl/α,β-unsaturated/α-hetero) is 1. The Hall–Kier alpha value is -6.53. The molecule has 3 fully saturated rings. The molecule has 0 spiro atoms. The number of nitrogens with zero attached hydrogens (tertiary/aromatic N) is 4. The lowest BCUT2D eigenvalue weighted by Gasteiger charge is -2.37. The van der Waals surface area contributed by atoms with Gasteiger partial charge in [0.25, 0.3) is 11.5 Å². The highest BCUT2D eigenvalue weighted by atomic mass is 32.1. The van der Waals surface area contributed by atoms with E-state index in [1.807, 2.05) is 95.3 Å². The Kier molecular flexibility index (Phi) is 24.7. The summed E-state index contributed by atoms with van der Waals surface area (Å²) in [5, 5.41) is 19.8. The number of ketones is 1. The van der Waals surface area contributed by atoms with Gasteiger partial charge in [0, 0.05) is 113 Å². The first-order valence-electron chi connectivity index (χ1n) is 32.6. The Labute approximate surface area is 526 Å². The van der Waals surface area contributed by atoms with Crippen molar-refractivity contribution in [3.63, 3.8) is 0 Å². The third-order valence-electron chi connectivity index (χ3n) is 18.4. The highest BCUT2D eigenvalue weighted by molar-refractivity contribution is 7.13. The lowest BCUT2D eigenvalue weighted by molar-refractivity contribution is -0.137. The molecule has 2 saturated heterocycles. The summed E-state index contributed by atoms with van der Waals surface area (Å²) in [7, 11) is 0. The van der Waals surface area contributed by atoms with Gasteiger partial charge in [-0.1, -0.05) is 121 Å². The monoisotopic (exact) mass is 1220 g/mol. The smallest absolute Gasteiger partial charge is 0.253 e. The number of ether oxygens (including phenoxy) is 1. The lowest BCUT2D eigenvalue weighted by atomic mass is 9.77. The minimum Gasteiger partial charge on any atom is -0.393 e. The molecule has 5 N–H and O–H groups in total. The topological polar surface area (TPSA) is 206 Å². The second-order valence-corrected chi connectivity index (χ2v) is 27.0. The van der Waals surface area contributed by atoms with Crippen molar-refractivity contribution in [3.8, 4) is 21.6 Å². The van der Waals surface area contributed by atoms with Crippen molar-refractivity contribution >= 4 is 46.4 Å². The maximum atomic E-state index is 14.2. The maximum Gasteiger partial charge on any atom is 0.253 e. The molecular formula is C71H98N8O8S. The van der Waals surface area contributed by atoms with Crippen LogP contribution in [0.3, 0.4) is 0 Å². The van der Waals surface area contributed by atoms with Crippen LogP contribution in [0.25, 0.3) is 21.6 Å². The maximum absolute atomic E-state index is 14.2. The van der Waals surface area contributed by atoms with Gasteiger partial charge in [-0.25, -0.2) is 4.98 Å². The first-order valence-corrected chi connectivity index (χ1v) is 33.5. The highest BCUT2D eigenvalue weighted by Crippen LogP contribution is 2.38. The summed E-state index contributed by atoms with van der Waals surface area (Å²) in [4.78, 5) is 96.3. The van der Waals surface area contributed by atoms with Crippen LogP contribution in [-0.4, -0.2) is 118 Å². The van der Waals surface area contributed by atoms with Crippen LogP contribution in [0, 0.1) is 44.9 Å². The Morgan fingerprint density at radius 3 is 1.98 bits per heavy atom. The van der Waals surface area contributed by atoms with Crippen LogP contribution in [0.15, 0.2) is 77.0 Å². The second-order valence-electron chi connectivity index (χ2n) is 26.1. The summed E-state index contributed by atoms with van der Waals surface area (Å²) in [6.07, 6.45) is 12.8. The van der Waals surface area contributed by atoms with Crippen LogP contribution in [0.1, 0.15) is 180 Å². The third-order valence-corrected chi connectivity index (χ3v) is 19.4. The third kappa shape index (κ3) is 18.5. The predicted octanol–water partition coefficient (Wildman–Crippen LogP) is 11.5. The van der Waals surface area contributed by atoms with Crippen LogP contribution in [0.5, 0.6) is 0 Å². The minimum atomic E-state index is -0.773. The van der Waals surface area contributed by atoms with Crippen molar-refractivity contribution in [2.24, 2.45) is 17.3 Å². The van der Waals surface area contributed by atoms with Crippen molar-refractivity contribution in [1.29, 1.82) is 0 Å². The molecule has 1 unspecified atom stereocenters. The molecule has 3 aromatic carbocycles. The van der Waals surface area contributed by atoms with E-state index in [0.717, 1.165) is 185 Å². The molecule has 1 aliphatic carbocycles. The first-order chi connectivity index (χ1) is 42.3. The molecule has 16 nitrogen and oxygen atoms in total. The number of unbranched alkanes of at least 4 members (excludes halogenated alkanes) is 9. The largest absolute Gasteiger partial charge is 0.393 e. The van der Waals surface area contributed by atoms with E-state index in [9.17, 15) is 33.9 Å². The van der Waals surface area contributed by atoms with Crippen molar-refractivity contribution in [1.82, 2.24) is 35.7 Å². The van der Waals surface area contributed by atoms with Gasteiger partial charge in [0.2, 0.25) is 17.7 Å². The van der Waals surface area contributed by atoms with Crippen molar-refractivity contribution < 1.29 is 33.8 Å². The fraction of sp³-hybridized carbons (Fsp3) is 0.563. The van der Waals surface area contributed by atoms with Crippen LogP contribution in [0.4, 0.5) is 5.69 Å². The average molecular weight is 1220 g/mol. The average Bonchev–Trinajstić information content (AvgIpc) is 1.42. The summed E-state index contributed by atoms with van der Waals surface area (Å²) in [5.74, 6) is -1.91. The van der Waals surface area contributed by atoms with Gasteiger partial charge < -0.3 is 40.6 Å². The molecule has 4 heterocycles. The van der Waals surface area contributed by atoms with Gasteiger partial charge in [0.15, 0.2) is 5.78 Å². The second kappa shape index (κ2) is 32.3. The molecule has 17 heteroatoms. The quantitative estimate of drug-likeness (QED) is 0.0285. The SMILES string of the molecule is CCN(c1cc(-c2ccc(CN3CCN(C(=O)CCCCCCCCCCCCC(=O)N[C@H](C(=O)C4C[C@H](O)C[C@H]4C(=O)NCc4ccc(-c5scnc5C)cc4)C(C)(C)C)CC3)cc2)cc(C(=O)NCc2c(C)cc(C)[nH]c2=O)c1C)C1CCOCC1. The molecular weight excluding hydrogens is 1120 g/mol. The number of amides is 4. The normalized spacial score (nSPS) is 17.8. The summed E-state index contributed by atoms with van der Waals surface area (Å²) in [5.41, 5.74) is 12.0. The molecule has 4 amide bonds. The van der Waals surface area contributed by atoms with E-state index in [1.54, 1.807) is 11.3 Å². The Balaban J connectivity index is 0.692. The van der Waals surface area contributed by atoms with Gasteiger partial charge >= 0.3 is 0 Å². The number of rotatable bonds is 29. The molecule has 4 atom stereocenters. The van der Waals surface area contributed by atoms with Crippen LogP contribution < -0.4 is 26.4 Å². The van der Waals surface area contributed by atoms with Crippen LogP contribution in [0.2, 0.25) is 0 Å². The number of pyridine rings is 1. The number of hydrogen-bond acceptors (Lipinski definition) is 12. The summed E-state index contributed by atoms with van der Waals surface area (Å²) < 4.78 is 5.72. The molecule has 8 rings (SSSR count).